The van der Waals surface area contributed by atoms with E-state index in [9.17, 15) is 4.79 Å². The molecule has 100 valence electrons. The molecule has 1 aromatic rings. The van der Waals surface area contributed by atoms with Crippen LogP contribution in [0.1, 0.15) is 16.8 Å². The first-order valence-electron chi connectivity index (χ1n) is 6.32. The average Bonchev–Trinajstić information content (AvgIpc) is 2.42. The number of nitrogens with one attached hydrogen (secondary N) is 1. The van der Waals surface area contributed by atoms with E-state index < -0.39 is 0 Å². The molecular weight excluding hydrogens is 260 g/mol. The lowest BCUT2D eigenvalue weighted by Crippen LogP contribution is -2.39. The lowest BCUT2D eigenvalue weighted by atomic mass is 10.1. The molecule has 4 heteroatoms. The van der Waals surface area contributed by atoms with E-state index in [1.165, 1.54) is 0 Å². The minimum absolute atomic E-state index is 0.0184. The molecule has 0 radical (unpaired) electrons. The van der Waals surface area contributed by atoms with Crippen molar-refractivity contribution in [3.05, 3.63) is 59.4 Å². The molecule has 3 nitrogen and oxygen atoms in total. The fourth-order valence-electron chi connectivity index (χ4n) is 2.03. The van der Waals surface area contributed by atoms with Crippen LogP contribution in [0.25, 0.3) is 0 Å². The van der Waals surface area contributed by atoms with Gasteiger partial charge in [0.1, 0.15) is 5.82 Å². The summed E-state index contributed by atoms with van der Waals surface area (Å²) in [5, 5.41) is 3.89. The van der Waals surface area contributed by atoms with E-state index >= 15 is 0 Å². The van der Waals surface area contributed by atoms with Crippen molar-refractivity contribution in [1.29, 1.82) is 0 Å². The van der Waals surface area contributed by atoms with Crippen molar-refractivity contribution in [2.45, 2.75) is 6.42 Å². The number of hydrogen-bond donors (Lipinski definition) is 1. The average molecular weight is 277 g/mol. The summed E-state index contributed by atoms with van der Waals surface area (Å²) in [6.45, 7) is 6.32. The normalized spacial score (nSPS) is 17.1. The minimum Gasteiger partial charge on any atom is -0.372 e. The third kappa shape index (κ3) is 3.61. The van der Waals surface area contributed by atoms with Crippen molar-refractivity contribution >= 4 is 17.4 Å². The van der Waals surface area contributed by atoms with E-state index in [-0.39, 0.29) is 5.78 Å². The summed E-state index contributed by atoms with van der Waals surface area (Å²) in [6, 6.07) is 6.93. The Kier molecular flexibility index (Phi) is 4.63. The minimum atomic E-state index is -0.0184. The van der Waals surface area contributed by atoms with Crippen LogP contribution in [-0.2, 0) is 0 Å². The fourth-order valence-corrected chi connectivity index (χ4v) is 2.15. The summed E-state index contributed by atoms with van der Waals surface area (Å²) in [5.41, 5.74) is 0.642. The van der Waals surface area contributed by atoms with Gasteiger partial charge in [-0.3, -0.25) is 4.79 Å². The highest BCUT2D eigenvalue weighted by atomic mass is 35.5. The Balaban J connectivity index is 2.15. The predicted molar refractivity (Wildman–Crippen MR) is 78.3 cm³/mol. The summed E-state index contributed by atoms with van der Waals surface area (Å²) in [5.74, 6) is 0.848. The summed E-state index contributed by atoms with van der Waals surface area (Å²) in [4.78, 5) is 14.3. The largest absolute Gasteiger partial charge is 0.372 e. The molecule has 1 aliphatic rings. The summed E-state index contributed by atoms with van der Waals surface area (Å²) >= 11 is 5.81. The molecule has 0 spiro atoms. The zero-order valence-corrected chi connectivity index (χ0v) is 11.5. The van der Waals surface area contributed by atoms with Crippen molar-refractivity contribution in [3.63, 3.8) is 0 Å². The highest BCUT2D eigenvalue weighted by Gasteiger charge is 2.14. The van der Waals surface area contributed by atoms with Gasteiger partial charge in [0.25, 0.3) is 0 Å². The number of halogens is 1. The Morgan fingerprint density at radius 3 is 2.84 bits per heavy atom. The van der Waals surface area contributed by atoms with Gasteiger partial charge in [0, 0.05) is 36.3 Å². The summed E-state index contributed by atoms with van der Waals surface area (Å²) < 4.78 is 0. The third-order valence-corrected chi connectivity index (χ3v) is 3.25. The standard InChI is InChI=1S/C15H17ClN2O/c1-2-9-18-10-3-8-17-15(18)11-14(19)12-4-6-13(16)7-5-12/h2,4-7,11,17H,1,3,8-10H2/b15-11+. The van der Waals surface area contributed by atoms with Gasteiger partial charge in [-0.25, -0.2) is 0 Å². The van der Waals surface area contributed by atoms with Gasteiger partial charge in [-0.05, 0) is 30.7 Å². The van der Waals surface area contributed by atoms with Crippen LogP contribution in [0.15, 0.2) is 48.8 Å². The Morgan fingerprint density at radius 2 is 2.16 bits per heavy atom. The molecule has 1 saturated heterocycles. The second-order valence-electron chi connectivity index (χ2n) is 4.42. The Bertz CT molecular complexity index is 493. The van der Waals surface area contributed by atoms with Crippen molar-refractivity contribution < 1.29 is 4.79 Å². The molecule has 1 aliphatic heterocycles. The molecule has 1 heterocycles. The highest BCUT2D eigenvalue weighted by Crippen LogP contribution is 2.13. The van der Waals surface area contributed by atoms with Crippen molar-refractivity contribution in [2.75, 3.05) is 19.6 Å². The lowest BCUT2D eigenvalue weighted by Gasteiger charge is -2.31. The van der Waals surface area contributed by atoms with Crippen molar-refractivity contribution in [2.24, 2.45) is 0 Å². The van der Waals surface area contributed by atoms with Crippen molar-refractivity contribution in [1.82, 2.24) is 10.2 Å². The predicted octanol–water partition coefficient (Wildman–Crippen LogP) is 2.85. The number of ketones is 1. The van der Waals surface area contributed by atoms with Crippen LogP contribution < -0.4 is 5.32 Å². The van der Waals surface area contributed by atoms with Gasteiger partial charge >= 0.3 is 0 Å². The Morgan fingerprint density at radius 1 is 1.42 bits per heavy atom. The molecular formula is C15H17ClN2O. The molecule has 0 saturated carbocycles. The van der Waals surface area contributed by atoms with Crippen LogP contribution in [0.4, 0.5) is 0 Å². The zero-order valence-electron chi connectivity index (χ0n) is 10.7. The zero-order chi connectivity index (χ0) is 13.7. The van der Waals surface area contributed by atoms with Gasteiger partial charge in [0.05, 0.1) is 0 Å². The maximum Gasteiger partial charge on any atom is 0.189 e. The quantitative estimate of drug-likeness (QED) is 0.521. The van der Waals surface area contributed by atoms with Crippen LogP contribution in [0, 0.1) is 0 Å². The second-order valence-corrected chi connectivity index (χ2v) is 4.85. The van der Waals surface area contributed by atoms with E-state index in [1.807, 2.05) is 6.08 Å². The van der Waals surface area contributed by atoms with Crippen LogP contribution in [-0.4, -0.2) is 30.3 Å². The second kappa shape index (κ2) is 6.43. The van der Waals surface area contributed by atoms with Gasteiger partial charge < -0.3 is 10.2 Å². The first-order valence-corrected chi connectivity index (χ1v) is 6.70. The van der Waals surface area contributed by atoms with E-state index in [1.54, 1.807) is 30.3 Å². The number of nitrogens with zero attached hydrogens (tertiary/aromatic N) is 1. The van der Waals surface area contributed by atoms with Crippen LogP contribution in [0.2, 0.25) is 5.02 Å². The van der Waals surface area contributed by atoms with Crippen LogP contribution in [0.3, 0.4) is 0 Å². The summed E-state index contributed by atoms with van der Waals surface area (Å²) in [7, 11) is 0. The number of rotatable bonds is 4. The van der Waals surface area contributed by atoms with Crippen LogP contribution >= 0.6 is 11.6 Å². The fraction of sp³-hybridized carbons (Fsp3) is 0.267. The topological polar surface area (TPSA) is 32.3 Å². The number of allylic oxidation sites excluding steroid dienone is 1. The molecule has 0 aromatic heterocycles. The third-order valence-electron chi connectivity index (χ3n) is 3.00. The smallest absolute Gasteiger partial charge is 0.189 e. The molecule has 0 amide bonds. The van der Waals surface area contributed by atoms with Crippen molar-refractivity contribution in [3.8, 4) is 0 Å². The summed E-state index contributed by atoms with van der Waals surface area (Å²) in [6.07, 6.45) is 4.56. The maximum absolute atomic E-state index is 12.2. The van der Waals surface area contributed by atoms with Gasteiger partial charge in [0.15, 0.2) is 5.78 Å². The van der Waals surface area contributed by atoms with E-state index in [2.05, 4.69) is 16.8 Å². The molecule has 1 N–H and O–H groups in total. The van der Waals surface area contributed by atoms with Gasteiger partial charge in [0.2, 0.25) is 0 Å². The van der Waals surface area contributed by atoms with Gasteiger partial charge in [-0.1, -0.05) is 17.7 Å². The van der Waals surface area contributed by atoms with E-state index in [0.29, 0.717) is 10.6 Å². The first kappa shape index (κ1) is 13.7. The monoisotopic (exact) mass is 276 g/mol. The van der Waals surface area contributed by atoms with Gasteiger partial charge in [-0.2, -0.15) is 0 Å². The number of carbonyl (C=O) groups is 1. The first-order chi connectivity index (χ1) is 9.20. The van der Waals surface area contributed by atoms with Gasteiger partial charge in [-0.15, -0.1) is 6.58 Å². The van der Waals surface area contributed by atoms with E-state index in [4.69, 9.17) is 11.6 Å². The molecule has 0 atom stereocenters. The molecule has 1 aromatic carbocycles. The number of hydrogen-bond acceptors (Lipinski definition) is 3. The molecule has 0 unspecified atom stereocenters. The highest BCUT2D eigenvalue weighted by molar-refractivity contribution is 6.30. The molecule has 1 fully saturated rings. The van der Waals surface area contributed by atoms with Crippen LogP contribution in [0.5, 0.6) is 0 Å². The Hall–Kier alpha value is -1.74. The molecule has 0 aliphatic carbocycles. The molecule has 0 bridgehead atoms. The Labute approximate surface area is 118 Å². The number of carbonyl (C=O) groups excluding carboxylic acids is 1. The number of benzene rings is 1. The van der Waals surface area contributed by atoms with E-state index in [0.717, 1.165) is 31.9 Å². The lowest BCUT2D eigenvalue weighted by molar-refractivity contribution is 0.104. The SMILES string of the molecule is C=CCN1CCCN/C1=C\C(=O)c1ccc(Cl)cc1. The molecule has 19 heavy (non-hydrogen) atoms. The molecule has 2 rings (SSSR count). The maximum atomic E-state index is 12.2.